The molecule has 0 atom stereocenters. The largest absolute Gasteiger partial charge is 0.399 e. The van der Waals surface area contributed by atoms with E-state index in [9.17, 15) is 4.79 Å². The number of nitrogen functional groups attached to an aromatic ring is 1. The Hall–Kier alpha value is -2.27. The monoisotopic (exact) mass is 297 g/mol. The number of aryl methyl sites for hydroxylation is 1. The first-order valence-corrected chi connectivity index (χ1v) is 7.58. The lowest BCUT2D eigenvalue weighted by atomic mass is 10.2. The average molecular weight is 297 g/mol. The van der Waals surface area contributed by atoms with Crippen molar-refractivity contribution in [3.63, 3.8) is 0 Å². The lowest BCUT2D eigenvalue weighted by molar-refractivity contribution is 0.974. The number of hydrogen-bond acceptors (Lipinski definition) is 4. The van der Waals surface area contributed by atoms with E-state index in [0.717, 1.165) is 5.75 Å². The number of aromatic nitrogens is 2. The predicted octanol–water partition coefficient (Wildman–Crippen LogP) is 3.11. The van der Waals surface area contributed by atoms with E-state index < -0.39 is 0 Å². The minimum Gasteiger partial charge on any atom is -0.399 e. The lowest BCUT2D eigenvalue weighted by Gasteiger charge is -2.04. The summed E-state index contributed by atoms with van der Waals surface area (Å²) in [6.45, 7) is 2.06. The highest BCUT2D eigenvalue weighted by Crippen LogP contribution is 2.21. The number of fused-ring (bicyclic) bond motifs is 1. The molecule has 0 radical (unpaired) electrons. The number of benzene rings is 2. The van der Waals surface area contributed by atoms with E-state index in [-0.39, 0.29) is 5.56 Å². The van der Waals surface area contributed by atoms with E-state index in [1.807, 2.05) is 6.07 Å². The fraction of sp³-hybridized carbons (Fsp3) is 0.125. The Bertz CT molecular complexity index is 858. The zero-order valence-corrected chi connectivity index (χ0v) is 12.4. The number of aromatic amines is 1. The molecular weight excluding hydrogens is 282 g/mol. The van der Waals surface area contributed by atoms with Gasteiger partial charge in [-0.1, -0.05) is 41.6 Å². The number of rotatable bonds is 3. The van der Waals surface area contributed by atoms with Crippen LogP contribution in [0.3, 0.4) is 0 Å². The van der Waals surface area contributed by atoms with Gasteiger partial charge in [0.05, 0.1) is 10.9 Å². The Labute approximate surface area is 126 Å². The average Bonchev–Trinajstić information content (AvgIpc) is 2.46. The highest BCUT2D eigenvalue weighted by Gasteiger charge is 2.05. The number of nitrogens with two attached hydrogens (primary N) is 1. The number of nitrogens with one attached hydrogen (secondary N) is 1. The molecule has 21 heavy (non-hydrogen) atoms. The van der Waals surface area contributed by atoms with Crippen LogP contribution < -0.4 is 11.3 Å². The van der Waals surface area contributed by atoms with E-state index in [1.54, 1.807) is 18.2 Å². The van der Waals surface area contributed by atoms with Crippen molar-refractivity contribution in [2.45, 2.75) is 17.8 Å². The fourth-order valence-corrected chi connectivity index (χ4v) is 2.97. The van der Waals surface area contributed by atoms with Crippen LogP contribution in [0.5, 0.6) is 0 Å². The van der Waals surface area contributed by atoms with Crippen LogP contribution in [-0.2, 0) is 5.75 Å². The molecule has 3 rings (SSSR count). The summed E-state index contributed by atoms with van der Waals surface area (Å²) in [6, 6.07) is 13.5. The number of thioether (sulfide) groups is 1. The van der Waals surface area contributed by atoms with Gasteiger partial charge in [-0.2, -0.15) is 0 Å². The molecule has 0 saturated heterocycles. The van der Waals surface area contributed by atoms with Crippen LogP contribution in [-0.4, -0.2) is 9.97 Å². The van der Waals surface area contributed by atoms with Gasteiger partial charge in [0.25, 0.3) is 5.56 Å². The second-order valence-electron chi connectivity index (χ2n) is 4.93. The number of nitrogens with zero attached hydrogens (tertiary/aromatic N) is 1. The van der Waals surface area contributed by atoms with Gasteiger partial charge in [0.15, 0.2) is 5.16 Å². The van der Waals surface area contributed by atoms with Gasteiger partial charge >= 0.3 is 0 Å². The van der Waals surface area contributed by atoms with Crippen LogP contribution in [0.4, 0.5) is 5.69 Å². The summed E-state index contributed by atoms with van der Waals surface area (Å²) in [5.41, 5.74) is 9.21. The molecule has 4 nitrogen and oxygen atoms in total. The first-order valence-electron chi connectivity index (χ1n) is 6.60. The first kappa shape index (κ1) is 13.7. The Morgan fingerprint density at radius 2 is 2.10 bits per heavy atom. The zero-order chi connectivity index (χ0) is 14.8. The molecular formula is C16H15N3OS. The highest BCUT2D eigenvalue weighted by molar-refractivity contribution is 7.98. The van der Waals surface area contributed by atoms with Crippen LogP contribution in [0.15, 0.2) is 52.4 Å². The van der Waals surface area contributed by atoms with Crippen molar-refractivity contribution in [2.75, 3.05) is 5.73 Å². The standard InChI is InChI=1S/C16H15N3OS/c1-10-3-2-4-11(7-10)9-21-16-18-14-6-5-12(17)8-13(14)15(20)19-16/h2-8H,9,17H2,1H3,(H,18,19,20). The molecule has 106 valence electrons. The van der Waals surface area contributed by atoms with Crippen LogP contribution in [0.25, 0.3) is 10.9 Å². The lowest BCUT2D eigenvalue weighted by Crippen LogP contribution is -2.09. The van der Waals surface area contributed by atoms with Crippen molar-refractivity contribution in [3.05, 3.63) is 63.9 Å². The maximum Gasteiger partial charge on any atom is 0.259 e. The van der Waals surface area contributed by atoms with Gasteiger partial charge in [-0.3, -0.25) is 4.79 Å². The van der Waals surface area contributed by atoms with Crippen LogP contribution in [0, 0.1) is 6.92 Å². The topological polar surface area (TPSA) is 71.8 Å². The molecule has 2 aromatic carbocycles. The molecule has 0 fully saturated rings. The van der Waals surface area contributed by atoms with E-state index in [2.05, 4.69) is 35.1 Å². The third-order valence-electron chi connectivity index (χ3n) is 3.17. The predicted molar refractivity (Wildman–Crippen MR) is 87.5 cm³/mol. The van der Waals surface area contributed by atoms with Gasteiger partial charge in [0.1, 0.15) is 0 Å². The molecule has 3 N–H and O–H groups in total. The fourth-order valence-electron chi connectivity index (χ4n) is 2.16. The Kier molecular flexibility index (Phi) is 3.66. The number of anilines is 1. The molecule has 0 spiro atoms. The smallest absolute Gasteiger partial charge is 0.259 e. The molecule has 0 unspecified atom stereocenters. The SMILES string of the molecule is Cc1cccc(CSc2nc3ccc(N)cc3c(=O)[nH]2)c1. The zero-order valence-electron chi connectivity index (χ0n) is 11.6. The molecule has 0 aliphatic heterocycles. The summed E-state index contributed by atoms with van der Waals surface area (Å²) in [5.74, 6) is 0.769. The molecule has 3 aromatic rings. The summed E-state index contributed by atoms with van der Waals surface area (Å²) >= 11 is 1.52. The van der Waals surface area contributed by atoms with Crippen molar-refractivity contribution in [2.24, 2.45) is 0 Å². The summed E-state index contributed by atoms with van der Waals surface area (Å²) in [6.07, 6.45) is 0. The maximum atomic E-state index is 12.1. The Morgan fingerprint density at radius 3 is 2.90 bits per heavy atom. The molecule has 0 aliphatic carbocycles. The van der Waals surface area contributed by atoms with Gasteiger partial charge in [0.2, 0.25) is 0 Å². The minimum atomic E-state index is -0.154. The van der Waals surface area contributed by atoms with Crippen LogP contribution >= 0.6 is 11.8 Å². The Balaban J connectivity index is 1.88. The first-order chi connectivity index (χ1) is 10.1. The number of hydrogen-bond donors (Lipinski definition) is 2. The van der Waals surface area contributed by atoms with Gasteiger partial charge in [0, 0.05) is 11.4 Å². The van der Waals surface area contributed by atoms with E-state index in [1.165, 1.54) is 22.9 Å². The van der Waals surface area contributed by atoms with Crippen LogP contribution in [0.1, 0.15) is 11.1 Å². The summed E-state index contributed by atoms with van der Waals surface area (Å²) in [5, 5.41) is 1.15. The number of H-pyrrole nitrogens is 1. The quantitative estimate of drug-likeness (QED) is 0.442. The second-order valence-corrected chi connectivity index (χ2v) is 5.89. The van der Waals surface area contributed by atoms with Crippen molar-refractivity contribution >= 4 is 28.4 Å². The molecule has 0 amide bonds. The van der Waals surface area contributed by atoms with E-state index in [4.69, 9.17) is 5.73 Å². The summed E-state index contributed by atoms with van der Waals surface area (Å²) in [4.78, 5) is 19.3. The molecule has 5 heteroatoms. The van der Waals surface area contributed by atoms with Crippen molar-refractivity contribution in [3.8, 4) is 0 Å². The third kappa shape index (κ3) is 3.08. The van der Waals surface area contributed by atoms with Crippen molar-refractivity contribution in [1.29, 1.82) is 0 Å². The molecule has 1 aromatic heterocycles. The Morgan fingerprint density at radius 1 is 1.24 bits per heavy atom. The summed E-state index contributed by atoms with van der Waals surface area (Å²) < 4.78 is 0. The van der Waals surface area contributed by atoms with Gasteiger partial charge in [-0.05, 0) is 30.7 Å². The maximum absolute atomic E-state index is 12.1. The minimum absolute atomic E-state index is 0.154. The summed E-state index contributed by atoms with van der Waals surface area (Å²) in [7, 11) is 0. The third-order valence-corrected chi connectivity index (χ3v) is 4.11. The van der Waals surface area contributed by atoms with Crippen molar-refractivity contribution < 1.29 is 0 Å². The van der Waals surface area contributed by atoms with Crippen molar-refractivity contribution in [1.82, 2.24) is 9.97 Å². The van der Waals surface area contributed by atoms with E-state index >= 15 is 0 Å². The highest BCUT2D eigenvalue weighted by atomic mass is 32.2. The molecule has 0 bridgehead atoms. The molecule has 0 saturated carbocycles. The van der Waals surface area contributed by atoms with Gasteiger partial charge < -0.3 is 10.7 Å². The normalized spacial score (nSPS) is 10.9. The van der Waals surface area contributed by atoms with E-state index in [0.29, 0.717) is 21.7 Å². The van der Waals surface area contributed by atoms with Gasteiger partial charge in [-0.15, -0.1) is 0 Å². The molecule has 1 heterocycles. The van der Waals surface area contributed by atoms with Crippen LogP contribution in [0.2, 0.25) is 0 Å². The van der Waals surface area contributed by atoms with Gasteiger partial charge in [-0.25, -0.2) is 4.98 Å². The molecule has 0 aliphatic rings. The second kappa shape index (κ2) is 5.61.